The van der Waals surface area contributed by atoms with E-state index in [1.54, 1.807) is 12.2 Å². The lowest BCUT2D eigenvalue weighted by Gasteiger charge is -2.16. The Kier molecular flexibility index (Phi) is 17.8. The van der Waals surface area contributed by atoms with E-state index in [-0.39, 0.29) is 49.6 Å². The molecule has 0 aromatic carbocycles. The Balaban J connectivity index is 5.28. The minimum atomic E-state index is -4.58. The number of hydrogen-bond acceptors (Lipinski definition) is 5. The van der Waals surface area contributed by atoms with Gasteiger partial charge >= 0.3 is 26.2 Å². The number of alkyl halides is 6. The van der Waals surface area contributed by atoms with Gasteiger partial charge in [0.15, 0.2) is 0 Å². The number of hydrogen-bond donors (Lipinski definition) is 2. The first kappa shape index (κ1) is 40.2. The van der Waals surface area contributed by atoms with Crippen molar-refractivity contribution in [1.29, 1.82) is 0 Å². The SMILES string of the molecule is C=C(/C=C\C(=C)B(OCCN)C(=C)/C=C\C(=C)C(F)(F)F)COC(=C)/C=C/C(=C)B(OCCN)C(=C)/C=C\C(=C)C(F)(F)F. The van der Waals surface area contributed by atoms with E-state index in [1.807, 2.05) is 0 Å². The van der Waals surface area contributed by atoms with E-state index in [2.05, 4.69) is 52.6 Å². The monoisotopic (exact) mass is 622 g/mol. The molecule has 0 saturated carbocycles. The number of allylic oxidation sites excluding steroid dienone is 13. The number of halogens is 6. The van der Waals surface area contributed by atoms with Crippen LogP contribution in [0.25, 0.3) is 0 Å². The highest BCUT2D eigenvalue weighted by Gasteiger charge is 2.31. The molecule has 0 unspecified atom stereocenters. The smallest absolute Gasteiger partial charge is 0.415 e. The summed E-state index contributed by atoms with van der Waals surface area (Å²) in [5, 5.41) is 0. The van der Waals surface area contributed by atoms with Crippen molar-refractivity contribution in [1.82, 2.24) is 0 Å². The third kappa shape index (κ3) is 16.2. The summed E-state index contributed by atoms with van der Waals surface area (Å²) in [5.74, 6) is 0.205. The molecule has 4 N–H and O–H groups in total. The largest absolute Gasteiger partial charge is 0.490 e. The molecule has 0 rings (SSSR count). The summed E-state index contributed by atoms with van der Waals surface area (Å²) in [6.07, 6.45) is 0.828. The molecule has 0 spiro atoms. The summed E-state index contributed by atoms with van der Waals surface area (Å²) in [5.41, 5.74) is 10.5. The lowest BCUT2D eigenvalue weighted by atomic mass is 9.54. The van der Waals surface area contributed by atoms with Crippen LogP contribution in [0, 0.1) is 0 Å². The van der Waals surface area contributed by atoms with Crippen molar-refractivity contribution in [3.63, 3.8) is 0 Å². The Morgan fingerprint density at radius 1 is 0.545 bits per heavy atom. The Labute approximate surface area is 256 Å². The first-order chi connectivity index (χ1) is 20.3. The lowest BCUT2D eigenvalue weighted by Crippen LogP contribution is -2.26. The molecule has 238 valence electrons. The van der Waals surface area contributed by atoms with Gasteiger partial charge < -0.3 is 25.5 Å². The zero-order valence-electron chi connectivity index (χ0n) is 24.6. The van der Waals surface area contributed by atoms with Crippen LogP contribution in [0.2, 0.25) is 0 Å². The zero-order valence-corrected chi connectivity index (χ0v) is 24.6. The van der Waals surface area contributed by atoms with Crippen LogP contribution >= 0.6 is 0 Å². The van der Waals surface area contributed by atoms with E-state index < -0.39 is 37.3 Å². The van der Waals surface area contributed by atoms with Crippen molar-refractivity contribution in [2.75, 3.05) is 32.9 Å². The first-order valence-corrected chi connectivity index (χ1v) is 13.0. The maximum absolute atomic E-state index is 12.7. The molecule has 0 aliphatic heterocycles. The molecule has 0 saturated heterocycles. The molecular formula is C31H38B2F6N2O3. The normalized spacial score (nSPS) is 12.2. The van der Waals surface area contributed by atoms with Gasteiger partial charge in [0.1, 0.15) is 12.4 Å². The van der Waals surface area contributed by atoms with Crippen LogP contribution in [-0.2, 0) is 14.0 Å². The Bertz CT molecular complexity index is 1130. The minimum absolute atomic E-state index is 0.00209. The molecule has 13 heteroatoms. The van der Waals surface area contributed by atoms with Crippen LogP contribution < -0.4 is 11.5 Å². The van der Waals surface area contributed by atoms with Crippen LogP contribution in [0.1, 0.15) is 0 Å². The molecule has 0 aliphatic carbocycles. The van der Waals surface area contributed by atoms with Crippen LogP contribution in [0.4, 0.5) is 26.3 Å². The zero-order chi connectivity index (χ0) is 34.1. The summed E-state index contributed by atoms with van der Waals surface area (Å²) in [6, 6.07) is 0. The molecule has 0 aromatic rings. The highest BCUT2D eigenvalue weighted by Crippen LogP contribution is 2.26. The molecule has 0 radical (unpaired) electrons. The standard InChI is InChI=1S/C31H38B2F6N2O3/c1-22(9-12-25(4)32(43-19-17-40)26(5)13-10-23(2)30(34,35)36)21-42-29(8)16-15-28(7)33(44-20-18-41)27(6)14-11-24(3)31(37,38)39/h9-16H,1-8,17-21,40-41H2/b12-9-,13-10-,14-11-,16-15+. The second-order valence-corrected chi connectivity index (χ2v) is 9.17. The third-order valence-electron chi connectivity index (χ3n) is 5.34. The van der Waals surface area contributed by atoms with Gasteiger partial charge in [-0.1, -0.05) is 90.7 Å². The topological polar surface area (TPSA) is 79.7 Å². The third-order valence-corrected chi connectivity index (χ3v) is 5.34. The maximum atomic E-state index is 12.7. The van der Waals surface area contributed by atoms with Gasteiger partial charge in [0.2, 0.25) is 0 Å². The fourth-order valence-electron chi connectivity index (χ4n) is 2.94. The van der Waals surface area contributed by atoms with Crippen LogP contribution in [0.3, 0.4) is 0 Å². The van der Waals surface area contributed by atoms with Gasteiger partial charge in [0, 0.05) is 37.4 Å². The van der Waals surface area contributed by atoms with Gasteiger partial charge in [-0.15, -0.1) is 26.3 Å². The van der Waals surface area contributed by atoms with Crippen molar-refractivity contribution in [3.05, 3.63) is 146 Å². The predicted molar refractivity (Wildman–Crippen MR) is 169 cm³/mol. The second-order valence-electron chi connectivity index (χ2n) is 9.17. The Morgan fingerprint density at radius 3 is 1.23 bits per heavy atom. The first-order valence-electron chi connectivity index (χ1n) is 13.0. The van der Waals surface area contributed by atoms with Crippen molar-refractivity contribution < 1.29 is 40.4 Å². The van der Waals surface area contributed by atoms with Gasteiger partial charge in [-0.2, -0.15) is 26.3 Å². The molecule has 0 aromatic heterocycles. The van der Waals surface area contributed by atoms with Crippen LogP contribution in [0.15, 0.2) is 146 Å². The summed E-state index contributed by atoms with van der Waals surface area (Å²) < 4.78 is 93.2. The average Bonchev–Trinajstić information content (AvgIpc) is 2.94. The molecule has 5 nitrogen and oxygen atoms in total. The van der Waals surface area contributed by atoms with Gasteiger partial charge in [-0.25, -0.2) is 0 Å². The van der Waals surface area contributed by atoms with Crippen molar-refractivity contribution in [3.8, 4) is 0 Å². The maximum Gasteiger partial charge on any atom is 0.415 e. The fourth-order valence-corrected chi connectivity index (χ4v) is 2.94. The van der Waals surface area contributed by atoms with E-state index >= 15 is 0 Å². The Hall–Kier alpha value is -3.77. The van der Waals surface area contributed by atoms with E-state index in [0.717, 1.165) is 24.3 Å². The summed E-state index contributed by atoms with van der Waals surface area (Å²) in [6.45, 7) is 27.8. The molecule has 0 heterocycles. The van der Waals surface area contributed by atoms with E-state index in [9.17, 15) is 26.3 Å². The molecule has 0 fully saturated rings. The average molecular weight is 622 g/mol. The van der Waals surface area contributed by atoms with Crippen molar-refractivity contribution >= 4 is 13.8 Å². The van der Waals surface area contributed by atoms with Gasteiger partial charge in [-0.3, -0.25) is 0 Å². The quantitative estimate of drug-likeness (QED) is 0.0634. The highest BCUT2D eigenvalue weighted by molar-refractivity contribution is 6.69. The molecule has 0 aliphatic rings. The second kappa shape index (κ2) is 19.5. The van der Waals surface area contributed by atoms with Crippen molar-refractivity contribution in [2.45, 2.75) is 12.4 Å². The van der Waals surface area contributed by atoms with Crippen LogP contribution in [0.5, 0.6) is 0 Å². The van der Waals surface area contributed by atoms with Crippen molar-refractivity contribution in [2.24, 2.45) is 11.5 Å². The highest BCUT2D eigenvalue weighted by atomic mass is 19.4. The summed E-state index contributed by atoms with van der Waals surface area (Å²) in [4.78, 5) is 0. The summed E-state index contributed by atoms with van der Waals surface area (Å²) in [7, 11) is 0. The summed E-state index contributed by atoms with van der Waals surface area (Å²) >= 11 is 0. The Morgan fingerprint density at radius 2 is 0.886 bits per heavy atom. The predicted octanol–water partition coefficient (Wildman–Crippen LogP) is 6.85. The minimum Gasteiger partial charge on any atom is -0.490 e. The van der Waals surface area contributed by atoms with E-state index in [0.29, 0.717) is 16.5 Å². The number of nitrogens with two attached hydrogens (primary N) is 2. The van der Waals surface area contributed by atoms with Crippen LogP contribution in [-0.4, -0.2) is 59.1 Å². The van der Waals surface area contributed by atoms with Gasteiger partial charge in [-0.05, 0) is 11.6 Å². The van der Waals surface area contributed by atoms with Gasteiger partial charge in [0.25, 0.3) is 0 Å². The number of rotatable bonds is 21. The van der Waals surface area contributed by atoms with E-state index in [4.69, 9.17) is 25.5 Å². The number of ether oxygens (including phenoxy) is 1. The molecule has 44 heavy (non-hydrogen) atoms. The molecule has 0 bridgehead atoms. The van der Waals surface area contributed by atoms with Gasteiger partial charge in [0.05, 0.1) is 0 Å². The lowest BCUT2D eigenvalue weighted by molar-refractivity contribution is -0.0886. The molecule has 0 amide bonds. The molecule has 0 atom stereocenters. The fraction of sp³-hybridized carbons (Fsp3) is 0.226. The van der Waals surface area contributed by atoms with E-state index in [1.165, 1.54) is 12.2 Å². The molecular weight excluding hydrogens is 584 g/mol.